The van der Waals surface area contributed by atoms with Crippen LogP contribution < -0.4 is 0 Å². The fraction of sp³-hybridized carbons (Fsp3) is 0.778. The van der Waals surface area contributed by atoms with E-state index in [1.807, 2.05) is 11.8 Å². The van der Waals surface area contributed by atoms with Gasteiger partial charge < -0.3 is 10.0 Å². The lowest BCUT2D eigenvalue weighted by Crippen LogP contribution is -2.25. The molecule has 1 heterocycles. The van der Waals surface area contributed by atoms with Crippen LogP contribution in [0.5, 0.6) is 0 Å². The van der Waals surface area contributed by atoms with Crippen molar-refractivity contribution in [3.63, 3.8) is 0 Å². The molecule has 3 heteroatoms. The first-order valence-electron chi connectivity index (χ1n) is 4.37. The summed E-state index contributed by atoms with van der Waals surface area (Å²) in [5, 5.41) is 8.80. The van der Waals surface area contributed by atoms with E-state index in [1.54, 1.807) is 0 Å². The summed E-state index contributed by atoms with van der Waals surface area (Å²) in [6.07, 6.45) is 0.819. The summed E-state index contributed by atoms with van der Waals surface area (Å²) in [5.74, 6) is 1.05. The van der Waals surface area contributed by atoms with Gasteiger partial charge in [-0.15, -0.1) is 11.8 Å². The molecule has 0 aliphatic carbocycles. The Hall–Kier alpha value is -0.150. The number of hydrogen-bond donors (Lipinski definition) is 1. The van der Waals surface area contributed by atoms with Crippen molar-refractivity contribution < 1.29 is 5.11 Å². The largest absolute Gasteiger partial charge is 0.396 e. The molecule has 0 atom stereocenters. The molecular formula is C9H17NOS. The Morgan fingerprint density at radius 1 is 1.58 bits per heavy atom. The fourth-order valence-electron chi connectivity index (χ4n) is 1.40. The van der Waals surface area contributed by atoms with Gasteiger partial charge in [0.1, 0.15) is 0 Å². The zero-order valence-electron chi connectivity index (χ0n) is 8.00. The molecule has 0 aromatic rings. The smallest absolute Gasteiger partial charge is 0.0683 e. The minimum atomic E-state index is 0.269. The first kappa shape index (κ1) is 9.93. The van der Waals surface area contributed by atoms with Crippen LogP contribution in [0.3, 0.4) is 0 Å². The average Bonchev–Trinajstić information content (AvgIpc) is 2.34. The maximum absolute atomic E-state index is 8.80. The van der Waals surface area contributed by atoms with Gasteiger partial charge in [-0.3, -0.25) is 0 Å². The van der Waals surface area contributed by atoms with Gasteiger partial charge in [-0.1, -0.05) is 0 Å². The highest BCUT2D eigenvalue weighted by molar-refractivity contribution is 8.03. The van der Waals surface area contributed by atoms with E-state index < -0.39 is 0 Å². The Bertz CT molecular complexity index is 189. The molecule has 0 saturated heterocycles. The second-order valence-electron chi connectivity index (χ2n) is 3.32. The molecule has 0 aromatic heterocycles. The topological polar surface area (TPSA) is 23.5 Å². The number of thioether (sulfide) groups is 1. The van der Waals surface area contributed by atoms with Crippen LogP contribution in [0.4, 0.5) is 0 Å². The van der Waals surface area contributed by atoms with Crippen LogP contribution in [0.2, 0.25) is 0 Å². The minimum Gasteiger partial charge on any atom is -0.396 e. The van der Waals surface area contributed by atoms with Gasteiger partial charge in [0.15, 0.2) is 0 Å². The van der Waals surface area contributed by atoms with E-state index in [1.165, 1.54) is 10.6 Å². The Morgan fingerprint density at radius 3 is 2.67 bits per heavy atom. The van der Waals surface area contributed by atoms with Gasteiger partial charge in [0.25, 0.3) is 0 Å². The lowest BCUT2D eigenvalue weighted by atomic mass is 10.2. The SMILES string of the molecule is CC1=C(CCO)SCN1C(C)C. The second-order valence-corrected chi connectivity index (χ2v) is 4.36. The van der Waals surface area contributed by atoms with Gasteiger partial charge in [-0.05, 0) is 20.8 Å². The third-order valence-corrected chi connectivity index (χ3v) is 3.43. The van der Waals surface area contributed by atoms with E-state index in [2.05, 4.69) is 25.7 Å². The first-order valence-corrected chi connectivity index (χ1v) is 5.35. The van der Waals surface area contributed by atoms with E-state index in [0.29, 0.717) is 6.04 Å². The Kier molecular flexibility index (Phi) is 3.47. The van der Waals surface area contributed by atoms with E-state index in [-0.39, 0.29) is 6.61 Å². The number of hydrogen-bond acceptors (Lipinski definition) is 3. The summed E-state index contributed by atoms with van der Waals surface area (Å²) < 4.78 is 0. The fourth-order valence-corrected chi connectivity index (χ4v) is 2.75. The van der Waals surface area contributed by atoms with Gasteiger partial charge in [0, 0.05) is 29.7 Å². The second kappa shape index (κ2) is 4.19. The van der Waals surface area contributed by atoms with Crippen LogP contribution in [-0.2, 0) is 0 Å². The maximum atomic E-state index is 8.80. The van der Waals surface area contributed by atoms with E-state index in [4.69, 9.17) is 5.11 Å². The highest BCUT2D eigenvalue weighted by Crippen LogP contribution is 2.34. The molecule has 0 unspecified atom stereocenters. The van der Waals surface area contributed by atoms with Crippen LogP contribution in [-0.4, -0.2) is 28.5 Å². The third kappa shape index (κ3) is 1.96. The van der Waals surface area contributed by atoms with Gasteiger partial charge in [0.05, 0.1) is 5.88 Å². The molecule has 0 aromatic carbocycles. The van der Waals surface area contributed by atoms with E-state index in [9.17, 15) is 0 Å². The summed E-state index contributed by atoms with van der Waals surface area (Å²) in [7, 11) is 0. The number of nitrogens with zero attached hydrogens (tertiary/aromatic N) is 1. The van der Waals surface area contributed by atoms with E-state index in [0.717, 1.165) is 12.3 Å². The van der Waals surface area contributed by atoms with Crippen LogP contribution in [0.25, 0.3) is 0 Å². The summed E-state index contributed by atoms with van der Waals surface area (Å²) in [6.45, 7) is 6.81. The van der Waals surface area contributed by atoms with Crippen LogP contribution >= 0.6 is 11.8 Å². The van der Waals surface area contributed by atoms with Crippen molar-refractivity contribution in [3.8, 4) is 0 Å². The lowest BCUT2D eigenvalue weighted by Gasteiger charge is -2.23. The van der Waals surface area contributed by atoms with Gasteiger partial charge in [-0.2, -0.15) is 0 Å². The number of allylic oxidation sites excluding steroid dienone is 1. The van der Waals surface area contributed by atoms with E-state index >= 15 is 0 Å². The molecule has 1 aliphatic heterocycles. The van der Waals surface area contributed by atoms with Crippen molar-refractivity contribution in [2.75, 3.05) is 12.5 Å². The van der Waals surface area contributed by atoms with Gasteiger partial charge in [-0.25, -0.2) is 0 Å². The molecule has 0 fully saturated rings. The maximum Gasteiger partial charge on any atom is 0.0683 e. The Labute approximate surface area is 78.6 Å². The van der Waals surface area contributed by atoms with Crippen molar-refractivity contribution >= 4 is 11.8 Å². The monoisotopic (exact) mass is 187 g/mol. The van der Waals surface area contributed by atoms with Crippen molar-refractivity contribution in [1.29, 1.82) is 0 Å². The van der Waals surface area contributed by atoms with Crippen molar-refractivity contribution in [1.82, 2.24) is 4.90 Å². The van der Waals surface area contributed by atoms with Gasteiger partial charge in [0.2, 0.25) is 0 Å². The number of aliphatic hydroxyl groups excluding tert-OH is 1. The molecule has 0 bridgehead atoms. The predicted octanol–water partition coefficient (Wildman–Crippen LogP) is 2.01. The molecule has 0 spiro atoms. The molecule has 2 nitrogen and oxygen atoms in total. The summed E-state index contributed by atoms with van der Waals surface area (Å²) >= 11 is 1.86. The average molecular weight is 187 g/mol. The summed E-state index contributed by atoms with van der Waals surface area (Å²) in [6, 6.07) is 0.577. The molecule has 12 heavy (non-hydrogen) atoms. The Balaban J connectivity index is 2.63. The first-order chi connectivity index (χ1) is 5.66. The molecule has 0 amide bonds. The molecule has 0 saturated carbocycles. The normalized spacial score (nSPS) is 18.2. The molecular weight excluding hydrogens is 170 g/mol. The molecule has 0 radical (unpaired) electrons. The number of rotatable bonds is 3. The highest BCUT2D eigenvalue weighted by Gasteiger charge is 2.20. The molecule has 1 rings (SSSR count). The molecule has 70 valence electrons. The third-order valence-electron chi connectivity index (χ3n) is 2.17. The lowest BCUT2D eigenvalue weighted by molar-refractivity contribution is 0.298. The molecule has 1 aliphatic rings. The highest BCUT2D eigenvalue weighted by atomic mass is 32.2. The van der Waals surface area contributed by atoms with Crippen LogP contribution in [0.1, 0.15) is 27.2 Å². The van der Waals surface area contributed by atoms with Crippen molar-refractivity contribution in [2.24, 2.45) is 0 Å². The van der Waals surface area contributed by atoms with Crippen LogP contribution in [0.15, 0.2) is 10.6 Å². The number of aliphatic hydroxyl groups is 1. The predicted molar refractivity (Wildman–Crippen MR) is 53.8 cm³/mol. The van der Waals surface area contributed by atoms with Crippen molar-refractivity contribution in [2.45, 2.75) is 33.2 Å². The molecule has 1 N–H and O–H groups in total. The Morgan fingerprint density at radius 2 is 2.25 bits per heavy atom. The van der Waals surface area contributed by atoms with Gasteiger partial charge >= 0.3 is 0 Å². The minimum absolute atomic E-state index is 0.269. The summed E-state index contributed by atoms with van der Waals surface area (Å²) in [5.41, 5.74) is 1.35. The zero-order chi connectivity index (χ0) is 9.14. The zero-order valence-corrected chi connectivity index (χ0v) is 8.82. The summed E-state index contributed by atoms with van der Waals surface area (Å²) in [4.78, 5) is 3.72. The standard InChI is InChI=1S/C9H17NOS/c1-7(2)10-6-12-9(4-5-11)8(10)3/h7,11H,4-6H2,1-3H3. The van der Waals surface area contributed by atoms with Crippen LogP contribution in [0, 0.1) is 0 Å². The quantitative estimate of drug-likeness (QED) is 0.731. The van der Waals surface area contributed by atoms with Crippen molar-refractivity contribution in [3.05, 3.63) is 10.6 Å².